The predicted molar refractivity (Wildman–Crippen MR) is 82.9 cm³/mol. The zero-order valence-electron chi connectivity index (χ0n) is 13.0. The van der Waals surface area contributed by atoms with E-state index in [0.717, 1.165) is 11.1 Å². The number of ether oxygens (including phenoxy) is 1. The zero-order valence-corrected chi connectivity index (χ0v) is 13.0. The fourth-order valence-electron chi connectivity index (χ4n) is 1.52. The number of likely N-dealkylation sites (N-methyl/N-ethyl adjacent to an activating group) is 2. The topological polar surface area (TPSA) is 75.7 Å². The molecule has 0 unspecified atom stereocenters. The minimum Gasteiger partial charge on any atom is -0.452 e. The van der Waals surface area contributed by atoms with Gasteiger partial charge in [-0.1, -0.05) is 29.8 Å². The Kier molecular flexibility index (Phi) is 6.82. The highest BCUT2D eigenvalue weighted by atomic mass is 16.5. The summed E-state index contributed by atoms with van der Waals surface area (Å²) in [6.07, 6.45) is 2.87. The first kappa shape index (κ1) is 17.4. The van der Waals surface area contributed by atoms with Gasteiger partial charge in [-0.2, -0.15) is 0 Å². The fourth-order valence-corrected chi connectivity index (χ4v) is 1.52. The molecule has 0 spiro atoms. The van der Waals surface area contributed by atoms with Gasteiger partial charge in [0, 0.05) is 20.2 Å². The first-order valence-electron chi connectivity index (χ1n) is 6.78. The predicted octanol–water partition coefficient (Wildman–Crippen LogP) is 0.756. The molecule has 0 heterocycles. The van der Waals surface area contributed by atoms with Crippen molar-refractivity contribution in [2.24, 2.45) is 0 Å². The Bertz CT molecular complexity index is 564. The van der Waals surface area contributed by atoms with Crippen LogP contribution in [-0.2, 0) is 19.1 Å². The Morgan fingerprint density at radius 1 is 1.23 bits per heavy atom. The van der Waals surface area contributed by atoms with Gasteiger partial charge in [0.15, 0.2) is 6.61 Å². The molecule has 6 nitrogen and oxygen atoms in total. The van der Waals surface area contributed by atoms with E-state index in [1.165, 1.54) is 25.1 Å². The summed E-state index contributed by atoms with van der Waals surface area (Å²) in [5, 5.41) is 2.41. The van der Waals surface area contributed by atoms with Crippen molar-refractivity contribution >= 4 is 23.9 Å². The van der Waals surface area contributed by atoms with Crippen LogP contribution in [0.2, 0.25) is 0 Å². The number of carbonyl (C=O) groups is 3. The fraction of sp³-hybridized carbons (Fsp3) is 0.312. The van der Waals surface area contributed by atoms with Crippen LogP contribution < -0.4 is 5.32 Å². The Labute approximate surface area is 129 Å². The third-order valence-corrected chi connectivity index (χ3v) is 2.91. The smallest absolute Gasteiger partial charge is 0.331 e. The summed E-state index contributed by atoms with van der Waals surface area (Å²) in [5.41, 5.74) is 2.00. The molecule has 0 aliphatic heterocycles. The number of hydrogen-bond donors (Lipinski definition) is 1. The Morgan fingerprint density at radius 3 is 2.45 bits per heavy atom. The normalized spacial score (nSPS) is 10.3. The van der Waals surface area contributed by atoms with Crippen LogP contribution in [0.1, 0.15) is 11.1 Å². The van der Waals surface area contributed by atoms with Crippen molar-refractivity contribution < 1.29 is 19.1 Å². The number of nitrogens with one attached hydrogen (secondary N) is 1. The van der Waals surface area contributed by atoms with Crippen molar-refractivity contribution in [2.75, 3.05) is 27.2 Å². The van der Waals surface area contributed by atoms with Gasteiger partial charge in [-0.25, -0.2) is 4.79 Å². The monoisotopic (exact) mass is 304 g/mol. The highest BCUT2D eigenvalue weighted by Crippen LogP contribution is 2.05. The van der Waals surface area contributed by atoms with Crippen LogP contribution in [-0.4, -0.2) is 49.9 Å². The quantitative estimate of drug-likeness (QED) is 0.622. The van der Waals surface area contributed by atoms with E-state index in [9.17, 15) is 14.4 Å². The molecule has 0 saturated carbocycles. The average Bonchev–Trinajstić information content (AvgIpc) is 2.51. The van der Waals surface area contributed by atoms with Crippen LogP contribution in [0.15, 0.2) is 30.3 Å². The second-order valence-corrected chi connectivity index (χ2v) is 4.77. The van der Waals surface area contributed by atoms with Crippen molar-refractivity contribution in [1.82, 2.24) is 10.2 Å². The SMILES string of the molecule is CNC(=O)CN(C)C(=O)COC(=O)/C=C/c1ccc(C)cc1. The molecule has 0 bridgehead atoms. The van der Waals surface area contributed by atoms with Crippen molar-refractivity contribution in [3.63, 3.8) is 0 Å². The minimum absolute atomic E-state index is 0.0773. The number of esters is 1. The van der Waals surface area contributed by atoms with Crippen LogP contribution in [0.4, 0.5) is 0 Å². The summed E-state index contributed by atoms with van der Waals surface area (Å²) in [4.78, 5) is 35.5. The van der Waals surface area contributed by atoms with Gasteiger partial charge in [0.25, 0.3) is 5.91 Å². The maximum Gasteiger partial charge on any atom is 0.331 e. The van der Waals surface area contributed by atoms with Crippen molar-refractivity contribution in [1.29, 1.82) is 0 Å². The van der Waals surface area contributed by atoms with E-state index in [4.69, 9.17) is 4.74 Å². The van der Waals surface area contributed by atoms with Crippen molar-refractivity contribution in [3.8, 4) is 0 Å². The largest absolute Gasteiger partial charge is 0.452 e. The maximum absolute atomic E-state index is 11.7. The molecule has 1 aromatic carbocycles. The second-order valence-electron chi connectivity index (χ2n) is 4.77. The summed E-state index contributed by atoms with van der Waals surface area (Å²) < 4.78 is 4.84. The van der Waals surface area contributed by atoms with Crippen molar-refractivity contribution in [3.05, 3.63) is 41.5 Å². The third-order valence-electron chi connectivity index (χ3n) is 2.91. The number of hydrogen-bond acceptors (Lipinski definition) is 4. The van der Waals surface area contributed by atoms with Crippen LogP contribution in [0.5, 0.6) is 0 Å². The van der Waals surface area contributed by atoms with E-state index in [-0.39, 0.29) is 12.5 Å². The van der Waals surface area contributed by atoms with Crippen LogP contribution in [0.3, 0.4) is 0 Å². The first-order valence-corrected chi connectivity index (χ1v) is 6.78. The average molecular weight is 304 g/mol. The molecule has 1 aromatic rings. The lowest BCUT2D eigenvalue weighted by atomic mass is 10.1. The van der Waals surface area contributed by atoms with E-state index in [0.29, 0.717) is 0 Å². The molecule has 0 aromatic heterocycles. The van der Waals surface area contributed by atoms with Gasteiger partial charge in [-0.15, -0.1) is 0 Å². The van der Waals surface area contributed by atoms with Gasteiger partial charge in [-0.05, 0) is 18.6 Å². The molecule has 118 valence electrons. The van der Waals surface area contributed by atoms with Crippen LogP contribution >= 0.6 is 0 Å². The van der Waals surface area contributed by atoms with Gasteiger partial charge in [0.1, 0.15) is 0 Å². The molecule has 0 radical (unpaired) electrons. The lowest BCUT2D eigenvalue weighted by molar-refractivity contribution is -0.148. The van der Waals surface area contributed by atoms with Gasteiger partial charge >= 0.3 is 5.97 Å². The molecule has 22 heavy (non-hydrogen) atoms. The number of benzene rings is 1. The highest BCUT2D eigenvalue weighted by Gasteiger charge is 2.13. The molecular weight excluding hydrogens is 284 g/mol. The molecule has 6 heteroatoms. The Balaban J connectivity index is 2.40. The van der Waals surface area contributed by atoms with E-state index >= 15 is 0 Å². The molecular formula is C16H20N2O4. The summed E-state index contributed by atoms with van der Waals surface area (Å²) in [7, 11) is 2.95. The van der Waals surface area contributed by atoms with Crippen LogP contribution in [0.25, 0.3) is 6.08 Å². The van der Waals surface area contributed by atoms with Gasteiger partial charge in [0.05, 0.1) is 6.54 Å². The molecule has 0 atom stereocenters. The van der Waals surface area contributed by atoms with E-state index < -0.39 is 18.5 Å². The molecule has 0 aliphatic rings. The number of carbonyl (C=O) groups excluding carboxylic acids is 3. The summed E-state index contributed by atoms with van der Waals surface area (Å²) in [5.74, 6) is -1.34. The molecule has 2 amide bonds. The minimum atomic E-state index is -0.609. The molecule has 0 saturated heterocycles. The van der Waals surface area contributed by atoms with Crippen LogP contribution in [0, 0.1) is 6.92 Å². The first-order chi connectivity index (χ1) is 10.4. The number of aryl methyl sites for hydroxylation is 1. The summed E-state index contributed by atoms with van der Waals surface area (Å²) in [6.45, 7) is 1.50. The van der Waals surface area contributed by atoms with E-state index in [2.05, 4.69) is 5.32 Å². The standard InChI is InChI=1S/C16H20N2O4/c1-12-4-6-13(7-5-12)8-9-16(21)22-11-15(20)18(3)10-14(19)17-2/h4-9H,10-11H2,1-3H3,(H,17,19)/b9-8+. The van der Waals surface area contributed by atoms with Gasteiger partial charge in [-0.3, -0.25) is 9.59 Å². The molecule has 0 fully saturated rings. The summed E-state index contributed by atoms with van der Waals surface area (Å²) in [6, 6.07) is 7.62. The Hall–Kier alpha value is -2.63. The molecule has 1 rings (SSSR count). The summed E-state index contributed by atoms with van der Waals surface area (Å²) >= 11 is 0. The number of rotatable bonds is 6. The highest BCUT2D eigenvalue weighted by molar-refractivity contribution is 5.90. The zero-order chi connectivity index (χ0) is 16.5. The maximum atomic E-state index is 11.7. The van der Waals surface area contributed by atoms with E-state index in [1.807, 2.05) is 31.2 Å². The molecule has 1 N–H and O–H groups in total. The van der Waals surface area contributed by atoms with Gasteiger partial charge < -0.3 is 15.0 Å². The van der Waals surface area contributed by atoms with E-state index in [1.54, 1.807) is 6.08 Å². The Morgan fingerprint density at radius 2 is 1.86 bits per heavy atom. The third kappa shape index (κ3) is 6.21. The van der Waals surface area contributed by atoms with Crippen molar-refractivity contribution in [2.45, 2.75) is 6.92 Å². The lowest BCUT2D eigenvalue weighted by Gasteiger charge is -2.15. The second kappa shape index (κ2) is 8.61. The molecule has 0 aliphatic carbocycles. The van der Waals surface area contributed by atoms with Gasteiger partial charge in [0.2, 0.25) is 5.91 Å². The lowest BCUT2D eigenvalue weighted by Crippen LogP contribution is -2.38. The number of amides is 2. The number of nitrogens with zero attached hydrogens (tertiary/aromatic N) is 1.